The van der Waals surface area contributed by atoms with Gasteiger partial charge in [-0.15, -0.1) is 0 Å². The van der Waals surface area contributed by atoms with E-state index in [2.05, 4.69) is 5.32 Å². The van der Waals surface area contributed by atoms with E-state index >= 15 is 0 Å². The summed E-state index contributed by atoms with van der Waals surface area (Å²) >= 11 is 0. The van der Waals surface area contributed by atoms with E-state index in [-0.39, 0.29) is 18.4 Å². The van der Waals surface area contributed by atoms with Crippen LogP contribution in [0, 0.1) is 17.8 Å². The average Bonchev–Trinajstić information content (AvgIpc) is 3.18. The maximum atomic E-state index is 14.6. The molecule has 4 aromatic rings. The Hall–Kier alpha value is -5.24. The molecule has 0 aliphatic carbocycles. The second-order valence-electron chi connectivity index (χ2n) is 12.3. The minimum atomic E-state index is -1.24. The second-order valence-corrected chi connectivity index (χ2v) is 12.3. The number of amides is 3. The first-order valence-electron chi connectivity index (χ1n) is 16.2. The van der Waals surface area contributed by atoms with Crippen molar-refractivity contribution in [1.29, 1.82) is 0 Å². The van der Waals surface area contributed by atoms with Crippen LogP contribution in [0.5, 0.6) is 11.5 Å². The van der Waals surface area contributed by atoms with Crippen molar-refractivity contribution in [3.63, 3.8) is 0 Å². The summed E-state index contributed by atoms with van der Waals surface area (Å²) in [5.74, 6) is -1.18. The van der Waals surface area contributed by atoms with E-state index in [0.29, 0.717) is 42.2 Å². The van der Waals surface area contributed by atoms with Crippen molar-refractivity contribution in [3.8, 4) is 11.5 Å². The molecule has 47 heavy (non-hydrogen) atoms. The van der Waals surface area contributed by atoms with Gasteiger partial charge in [0.25, 0.3) is 5.91 Å². The molecular weight excluding hydrogens is 588 g/mol. The van der Waals surface area contributed by atoms with Gasteiger partial charge in [-0.05, 0) is 54.7 Å². The number of benzene rings is 4. The van der Waals surface area contributed by atoms with Gasteiger partial charge in [-0.25, -0.2) is 4.99 Å². The summed E-state index contributed by atoms with van der Waals surface area (Å²) in [5.41, 5.74) is 9.49. The van der Waals surface area contributed by atoms with Crippen LogP contribution >= 0.6 is 0 Å². The molecule has 0 aromatic heterocycles. The molecule has 4 aromatic carbocycles. The van der Waals surface area contributed by atoms with E-state index in [4.69, 9.17) is 15.5 Å². The predicted molar refractivity (Wildman–Crippen MR) is 185 cm³/mol. The molecule has 3 amide bonds. The highest BCUT2D eigenvalue weighted by Gasteiger charge is 2.37. The zero-order chi connectivity index (χ0) is 33.3. The van der Waals surface area contributed by atoms with Crippen molar-refractivity contribution in [1.82, 2.24) is 5.32 Å². The molecule has 3 N–H and O–H groups in total. The molecule has 0 saturated heterocycles. The molecule has 0 saturated carbocycles. The summed E-state index contributed by atoms with van der Waals surface area (Å²) in [6, 6.07) is 34.4. The lowest BCUT2D eigenvalue weighted by Crippen LogP contribution is -2.50. The van der Waals surface area contributed by atoms with Gasteiger partial charge in [0, 0.05) is 23.0 Å². The van der Waals surface area contributed by atoms with Gasteiger partial charge in [-0.1, -0.05) is 106 Å². The fraction of sp³-hybridized carbons (Fsp3) is 0.282. The van der Waals surface area contributed by atoms with Crippen molar-refractivity contribution in [2.24, 2.45) is 28.5 Å². The SMILES string of the molecule is CCCC(C(N)=O)C(CC(C)C)C(=O)NC1N=C(c2ccccc2)c2ccccc2N(Cc2cccc(Oc3ccccc3)c2)C1=O. The van der Waals surface area contributed by atoms with Gasteiger partial charge in [0.1, 0.15) is 11.5 Å². The molecule has 242 valence electrons. The fourth-order valence-corrected chi connectivity index (χ4v) is 6.08. The second kappa shape index (κ2) is 15.4. The predicted octanol–water partition coefficient (Wildman–Crippen LogP) is 6.87. The molecule has 0 fully saturated rings. The number of anilines is 1. The maximum absolute atomic E-state index is 14.6. The number of nitrogens with two attached hydrogens (primary N) is 1. The van der Waals surface area contributed by atoms with Crippen LogP contribution in [-0.4, -0.2) is 29.6 Å². The number of ether oxygens (including phenoxy) is 1. The Bertz CT molecular complexity index is 1720. The highest BCUT2D eigenvalue weighted by Crippen LogP contribution is 2.32. The van der Waals surface area contributed by atoms with Gasteiger partial charge in [-0.2, -0.15) is 0 Å². The monoisotopic (exact) mass is 630 g/mol. The smallest absolute Gasteiger partial charge is 0.272 e. The van der Waals surface area contributed by atoms with Gasteiger partial charge >= 0.3 is 0 Å². The highest BCUT2D eigenvalue weighted by molar-refractivity contribution is 6.20. The summed E-state index contributed by atoms with van der Waals surface area (Å²) in [4.78, 5) is 47.7. The molecule has 8 nitrogen and oxygen atoms in total. The van der Waals surface area contributed by atoms with Crippen molar-refractivity contribution in [2.45, 2.75) is 52.7 Å². The van der Waals surface area contributed by atoms with Crippen molar-refractivity contribution in [2.75, 3.05) is 4.90 Å². The third-order valence-corrected chi connectivity index (χ3v) is 8.27. The van der Waals surface area contributed by atoms with Crippen LogP contribution < -0.4 is 20.7 Å². The van der Waals surface area contributed by atoms with Crippen LogP contribution in [0.25, 0.3) is 0 Å². The summed E-state index contributed by atoms with van der Waals surface area (Å²) in [7, 11) is 0. The molecule has 0 bridgehead atoms. The lowest BCUT2D eigenvalue weighted by molar-refractivity contribution is -0.136. The number of nitrogens with one attached hydrogen (secondary N) is 1. The minimum absolute atomic E-state index is 0.129. The Labute approximate surface area is 276 Å². The van der Waals surface area contributed by atoms with E-state index in [9.17, 15) is 14.4 Å². The molecule has 1 aliphatic rings. The summed E-state index contributed by atoms with van der Waals surface area (Å²) < 4.78 is 6.08. The molecule has 3 atom stereocenters. The van der Waals surface area contributed by atoms with Crippen LogP contribution in [-0.2, 0) is 20.9 Å². The van der Waals surface area contributed by atoms with Crippen LogP contribution in [0.3, 0.4) is 0 Å². The first kappa shape index (κ1) is 33.1. The number of hydrogen-bond donors (Lipinski definition) is 2. The number of rotatable bonds is 13. The minimum Gasteiger partial charge on any atom is -0.457 e. The normalized spacial score (nSPS) is 15.7. The third-order valence-electron chi connectivity index (χ3n) is 8.27. The Morgan fingerprint density at radius 2 is 1.53 bits per heavy atom. The van der Waals surface area contributed by atoms with E-state index in [1.165, 1.54) is 0 Å². The topological polar surface area (TPSA) is 114 Å². The van der Waals surface area contributed by atoms with Gasteiger partial charge < -0.3 is 20.7 Å². The molecule has 5 rings (SSSR count). The number of hydrogen-bond acceptors (Lipinski definition) is 5. The summed E-state index contributed by atoms with van der Waals surface area (Å²) in [5, 5.41) is 2.95. The van der Waals surface area contributed by atoms with Crippen molar-refractivity contribution in [3.05, 3.63) is 126 Å². The number of fused-ring (bicyclic) bond motifs is 1. The summed E-state index contributed by atoms with van der Waals surface area (Å²) in [6.07, 6.45) is 0.396. The highest BCUT2D eigenvalue weighted by atomic mass is 16.5. The van der Waals surface area contributed by atoms with E-state index in [1.54, 1.807) is 4.90 Å². The summed E-state index contributed by atoms with van der Waals surface area (Å²) in [6.45, 7) is 6.17. The molecular formula is C39H42N4O4. The lowest BCUT2D eigenvalue weighted by Gasteiger charge is -2.29. The zero-order valence-corrected chi connectivity index (χ0v) is 27.1. The maximum Gasteiger partial charge on any atom is 0.272 e. The zero-order valence-electron chi connectivity index (χ0n) is 27.1. The van der Waals surface area contributed by atoms with Crippen LogP contribution in [0.4, 0.5) is 5.69 Å². The third kappa shape index (κ3) is 8.14. The van der Waals surface area contributed by atoms with E-state index in [0.717, 1.165) is 16.7 Å². The number of primary amides is 1. The molecule has 1 aliphatic heterocycles. The number of carbonyl (C=O) groups excluding carboxylic acids is 3. The van der Waals surface area contributed by atoms with Crippen LogP contribution in [0.1, 0.15) is 56.7 Å². The largest absolute Gasteiger partial charge is 0.457 e. The number of aliphatic imine (C=N–C) groups is 1. The fourth-order valence-electron chi connectivity index (χ4n) is 6.08. The Kier molecular flexibility index (Phi) is 10.8. The molecule has 0 radical (unpaired) electrons. The van der Waals surface area contributed by atoms with Gasteiger partial charge in [0.05, 0.1) is 17.9 Å². The van der Waals surface area contributed by atoms with Gasteiger partial charge in [0.15, 0.2) is 0 Å². The lowest BCUT2D eigenvalue weighted by atomic mass is 9.81. The number of para-hydroxylation sites is 2. The Morgan fingerprint density at radius 3 is 2.21 bits per heavy atom. The molecule has 1 heterocycles. The van der Waals surface area contributed by atoms with Crippen molar-refractivity contribution >= 4 is 29.1 Å². The van der Waals surface area contributed by atoms with Gasteiger partial charge in [0.2, 0.25) is 18.0 Å². The van der Waals surface area contributed by atoms with Gasteiger partial charge in [-0.3, -0.25) is 14.4 Å². The van der Waals surface area contributed by atoms with Crippen LogP contribution in [0.2, 0.25) is 0 Å². The standard InChI is InChI=1S/C39H42N4O4/c1-4-14-31(36(40)44)33(23-26(2)3)38(45)42-37-39(46)43(25-27-15-13-20-30(24-27)47-29-18-9-6-10-19-29)34-22-12-11-21-32(34)35(41-37)28-16-7-5-8-17-28/h5-13,15-22,24,26,31,33,37H,4,14,23,25H2,1-3H3,(H2,40,44)(H,42,45). The number of carbonyl (C=O) groups is 3. The van der Waals surface area contributed by atoms with E-state index < -0.39 is 29.8 Å². The Morgan fingerprint density at radius 1 is 0.872 bits per heavy atom. The average molecular weight is 631 g/mol. The van der Waals surface area contributed by atoms with Crippen molar-refractivity contribution < 1.29 is 19.1 Å². The molecule has 0 spiro atoms. The quantitative estimate of drug-likeness (QED) is 0.168. The first-order valence-corrected chi connectivity index (χ1v) is 16.2. The molecule has 8 heteroatoms. The van der Waals surface area contributed by atoms with Crippen LogP contribution in [0.15, 0.2) is 114 Å². The first-order chi connectivity index (χ1) is 22.7. The van der Waals surface area contributed by atoms with E-state index in [1.807, 2.05) is 130 Å². The molecule has 3 unspecified atom stereocenters. The Balaban J connectivity index is 1.54. The number of benzodiazepines with no additional fused rings is 1. The number of nitrogens with zero attached hydrogens (tertiary/aromatic N) is 2.